The molecule has 194 valence electrons. The molecule has 0 aromatic rings. The van der Waals surface area contributed by atoms with Crippen LogP contribution in [0.3, 0.4) is 0 Å². The van der Waals surface area contributed by atoms with E-state index in [2.05, 4.69) is 29.2 Å². The van der Waals surface area contributed by atoms with E-state index in [9.17, 15) is 24.0 Å². The topological polar surface area (TPSA) is 246 Å². The van der Waals surface area contributed by atoms with Gasteiger partial charge in [0.1, 0.15) is 17.4 Å². The number of rotatable bonds is 5. The molecule has 6 unspecified atom stereocenters. The highest BCUT2D eigenvalue weighted by atomic mass is 16.6. The summed E-state index contributed by atoms with van der Waals surface area (Å²) in [5, 5.41) is 50.1. The molecule has 0 aromatic carbocycles. The van der Waals surface area contributed by atoms with Crippen LogP contribution in [-0.4, -0.2) is 98.3 Å². The van der Waals surface area contributed by atoms with Crippen LogP contribution in [0.1, 0.15) is 39.5 Å². The first-order valence-corrected chi connectivity index (χ1v) is 10.8. The Morgan fingerprint density at radius 1 is 0.765 bits per heavy atom. The van der Waals surface area contributed by atoms with Crippen molar-refractivity contribution >= 4 is 29.8 Å². The van der Waals surface area contributed by atoms with Crippen molar-refractivity contribution in [3.05, 3.63) is 0 Å². The molecule has 1 aliphatic carbocycles. The summed E-state index contributed by atoms with van der Waals surface area (Å²) in [5.41, 5.74) is 4.61. The van der Waals surface area contributed by atoms with Crippen LogP contribution in [0, 0.1) is 11.8 Å². The summed E-state index contributed by atoms with van der Waals surface area (Å²) in [5.74, 6) is -11.6. The molecule has 14 nitrogen and oxygen atoms in total. The van der Waals surface area contributed by atoms with E-state index < -0.39 is 59.4 Å². The third-order valence-corrected chi connectivity index (χ3v) is 5.78. The fourth-order valence-electron chi connectivity index (χ4n) is 4.03. The summed E-state index contributed by atoms with van der Waals surface area (Å²) in [6, 6.07) is 1.30. The Bertz CT molecular complexity index is 725. The minimum absolute atomic E-state index is 0.641. The van der Waals surface area contributed by atoms with Crippen LogP contribution in [0.2, 0.25) is 0 Å². The Kier molecular flexibility index (Phi) is 10.8. The Hall–Kier alpha value is -2.81. The van der Waals surface area contributed by atoms with Gasteiger partial charge in [-0.05, 0) is 26.7 Å². The van der Waals surface area contributed by atoms with Crippen molar-refractivity contribution in [2.24, 2.45) is 17.6 Å². The van der Waals surface area contributed by atoms with E-state index in [0.29, 0.717) is 24.9 Å². The first kappa shape index (κ1) is 29.2. The average molecular weight is 491 g/mol. The van der Waals surface area contributed by atoms with Crippen LogP contribution in [-0.2, 0) is 28.7 Å². The van der Waals surface area contributed by atoms with Crippen molar-refractivity contribution in [1.82, 2.24) is 10.6 Å². The molecular formula is C20H33N3O11. The lowest BCUT2D eigenvalue weighted by atomic mass is 9.87. The molecule has 0 spiro atoms. The van der Waals surface area contributed by atoms with Crippen LogP contribution in [0.15, 0.2) is 0 Å². The smallest absolute Gasteiger partial charge is 0.333 e. The van der Waals surface area contributed by atoms with Crippen molar-refractivity contribution < 1.29 is 54.2 Å². The second kappa shape index (κ2) is 12.6. The fourth-order valence-corrected chi connectivity index (χ4v) is 4.03. The van der Waals surface area contributed by atoms with E-state index in [-0.39, 0.29) is 0 Å². The maximum atomic E-state index is 10.8. The summed E-state index contributed by atoms with van der Waals surface area (Å²) in [6.45, 7) is 6.62. The molecule has 6 atom stereocenters. The largest absolute Gasteiger partial charge is 0.481 e. The van der Waals surface area contributed by atoms with E-state index >= 15 is 0 Å². The average Bonchev–Trinajstić information content (AvgIpc) is 3.34. The lowest BCUT2D eigenvalue weighted by molar-refractivity contribution is -0.163. The van der Waals surface area contributed by atoms with Crippen LogP contribution in [0.5, 0.6) is 0 Å². The number of hydrogen-bond acceptors (Lipinski definition) is 9. The zero-order valence-electron chi connectivity index (χ0n) is 19.0. The van der Waals surface area contributed by atoms with Crippen LogP contribution >= 0.6 is 0 Å². The first-order valence-electron chi connectivity index (χ1n) is 10.8. The zero-order chi connectivity index (χ0) is 26.2. The van der Waals surface area contributed by atoms with Gasteiger partial charge in [-0.15, -0.1) is 0 Å². The number of ether oxygens (including phenoxy) is 1. The van der Waals surface area contributed by atoms with Gasteiger partial charge < -0.3 is 46.6 Å². The van der Waals surface area contributed by atoms with Crippen LogP contribution < -0.4 is 16.4 Å². The van der Waals surface area contributed by atoms with Gasteiger partial charge in [0, 0.05) is 25.2 Å². The third-order valence-electron chi connectivity index (χ3n) is 5.78. The maximum Gasteiger partial charge on any atom is 0.333 e. The van der Waals surface area contributed by atoms with Crippen molar-refractivity contribution in [3.63, 3.8) is 0 Å². The van der Waals surface area contributed by atoms with Crippen LogP contribution in [0.4, 0.5) is 0 Å². The second-order valence-electron chi connectivity index (χ2n) is 8.68. The van der Waals surface area contributed by atoms with Gasteiger partial charge in [0.15, 0.2) is 12.2 Å². The molecule has 0 amide bonds. The number of carboxylic acid groups (broad SMARTS) is 5. The van der Waals surface area contributed by atoms with Crippen LogP contribution in [0.25, 0.3) is 0 Å². The molecule has 1 saturated carbocycles. The summed E-state index contributed by atoms with van der Waals surface area (Å²) in [4.78, 5) is 53.4. The van der Waals surface area contributed by atoms with Crippen molar-refractivity contribution in [3.8, 4) is 0 Å². The van der Waals surface area contributed by atoms with E-state index in [1.807, 2.05) is 0 Å². The minimum Gasteiger partial charge on any atom is -0.481 e. The quantitative estimate of drug-likeness (QED) is 0.221. The molecule has 3 fully saturated rings. The monoisotopic (exact) mass is 491 g/mol. The van der Waals surface area contributed by atoms with Gasteiger partial charge >= 0.3 is 29.8 Å². The molecule has 0 bridgehead atoms. The Morgan fingerprint density at radius 2 is 1.15 bits per heavy atom. The standard InChI is InChI=1S/C8H8O9.C6H14N2.C6H11NO2/c9-5(10)1-2(6(11)12)4(8(15)16)17-3(1)7(13)14;1-5-3-7-4-6(2)8-5;7-6(5(8)9)3-1-2-4-6/h1-4H,(H,9,10)(H,11,12)(H,13,14)(H,15,16);5-8H,3-4H2,1-2H3;1-4,7H2,(H,8,9). The first-order chi connectivity index (χ1) is 15.7. The second-order valence-corrected chi connectivity index (χ2v) is 8.68. The summed E-state index contributed by atoms with van der Waals surface area (Å²) in [7, 11) is 0. The molecule has 34 heavy (non-hydrogen) atoms. The van der Waals surface area contributed by atoms with E-state index in [1.54, 1.807) is 0 Å². The molecule has 3 rings (SSSR count). The Balaban J connectivity index is 0.000000284. The predicted molar refractivity (Wildman–Crippen MR) is 114 cm³/mol. The lowest BCUT2D eigenvalue weighted by Gasteiger charge is -2.26. The fraction of sp³-hybridized carbons (Fsp3) is 0.750. The Morgan fingerprint density at radius 3 is 1.35 bits per heavy atom. The van der Waals surface area contributed by atoms with Crippen molar-refractivity contribution in [1.29, 1.82) is 0 Å². The van der Waals surface area contributed by atoms with Crippen molar-refractivity contribution in [2.45, 2.75) is 69.4 Å². The molecule has 9 N–H and O–H groups in total. The molecule has 0 aromatic heterocycles. The van der Waals surface area contributed by atoms with Gasteiger partial charge in [-0.25, -0.2) is 9.59 Å². The van der Waals surface area contributed by atoms with E-state index in [4.69, 9.17) is 31.3 Å². The van der Waals surface area contributed by atoms with Gasteiger partial charge in [0.05, 0.1) is 0 Å². The number of aliphatic carboxylic acids is 5. The number of hydrogen-bond donors (Lipinski definition) is 8. The molecule has 2 heterocycles. The van der Waals surface area contributed by atoms with Gasteiger partial charge in [0.2, 0.25) is 0 Å². The molecular weight excluding hydrogens is 458 g/mol. The molecule has 2 aliphatic heterocycles. The zero-order valence-corrected chi connectivity index (χ0v) is 19.0. The number of carbonyl (C=O) groups is 5. The van der Waals surface area contributed by atoms with Crippen molar-refractivity contribution in [2.75, 3.05) is 13.1 Å². The summed E-state index contributed by atoms with van der Waals surface area (Å²) in [6.07, 6.45) is -0.777. The van der Waals surface area contributed by atoms with Gasteiger partial charge in [-0.2, -0.15) is 0 Å². The number of piperazine rings is 1. The Labute approximate surface area is 195 Å². The SMILES string of the molecule is CC1CNCC(C)N1.NC1(C(=O)O)CCCC1.O=C(O)C1OC(C(=O)O)C(C(=O)O)C1C(=O)O. The maximum absolute atomic E-state index is 10.8. The normalized spacial score (nSPS) is 31.7. The molecule has 14 heteroatoms. The van der Waals surface area contributed by atoms with Gasteiger partial charge in [-0.1, -0.05) is 12.8 Å². The molecule has 3 aliphatic rings. The predicted octanol–water partition coefficient (Wildman–Crippen LogP) is -1.38. The van der Waals surface area contributed by atoms with E-state index in [1.165, 1.54) is 0 Å². The summed E-state index contributed by atoms with van der Waals surface area (Å²) >= 11 is 0. The summed E-state index contributed by atoms with van der Waals surface area (Å²) < 4.78 is 4.47. The highest BCUT2D eigenvalue weighted by Gasteiger charge is 2.57. The molecule has 2 saturated heterocycles. The highest BCUT2D eigenvalue weighted by Crippen LogP contribution is 2.34. The number of nitrogens with one attached hydrogen (secondary N) is 2. The number of carboxylic acids is 5. The lowest BCUT2D eigenvalue weighted by Crippen LogP contribution is -2.52. The highest BCUT2D eigenvalue weighted by molar-refractivity contribution is 5.92. The van der Waals surface area contributed by atoms with E-state index in [0.717, 1.165) is 25.9 Å². The number of nitrogens with two attached hydrogens (primary N) is 1. The third kappa shape index (κ3) is 7.90. The minimum atomic E-state index is -1.99. The molecule has 0 radical (unpaired) electrons. The van der Waals surface area contributed by atoms with Gasteiger partial charge in [0.25, 0.3) is 0 Å². The van der Waals surface area contributed by atoms with Gasteiger partial charge in [-0.3, -0.25) is 14.4 Å².